The smallest absolute Gasteiger partial charge is 0.340 e. The van der Waals surface area contributed by atoms with E-state index in [1.165, 1.54) is 31.4 Å². The number of carbonyl (C=O) groups excluding carboxylic acids is 4. The lowest BCUT2D eigenvalue weighted by atomic mass is 9.94. The Morgan fingerprint density at radius 3 is 2.50 bits per heavy atom. The average Bonchev–Trinajstić information content (AvgIpc) is 3.46. The summed E-state index contributed by atoms with van der Waals surface area (Å²) >= 11 is 11.8. The van der Waals surface area contributed by atoms with Crippen LogP contribution in [0.4, 0.5) is 5.69 Å². The number of allylic oxidation sites excluding steroid dienone is 1. The number of nitrogens with one attached hydrogen (secondary N) is 2. The van der Waals surface area contributed by atoms with Crippen LogP contribution < -0.4 is 10.6 Å². The van der Waals surface area contributed by atoms with Crippen LogP contribution in [0.1, 0.15) is 50.5 Å². The highest BCUT2D eigenvalue weighted by Gasteiger charge is 2.40. The van der Waals surface area contributed by atoms with Crippen molar-refractivity contribution in [3.63, 3.8) is 0 Å². The number of furan rings is 1. The molecule has 200 valence electrons. The molecule has 3 amide bonds. The van der Waals surface area contributed by atoms with E-state index in [0.29, 0.717) is 27.9 Å². The van der Waals surface area contributed by atoms with Crippen molar-refractivity contribution in [2.45, 2.75) is 51.6 Å². The molecule has 2 aromatic rings. The SMILES string of the molecule is COC(=O)C1=C(C)N(C2CCCCC2)C(=O)/C1=C\c1ccc(CNC(=O)C(=O)Nc2ccc(Cl)c(Cl)c2)o1. The van der Waals surface area contributed by atoms with Crippen molar-refractivity contribution < 1.29 is 28.3 Å². The molecule has 2 aliphatic rings. The molecule has 9 nitrogen and oxygen atoms in total. The number of hydrogen-bond donors (Lipinski definition) is 2. The van der Waals surface area contributed by atoms with E-state index in [9.17, 15) is 19.2 Å². The van der Waals surface area contributed by atoms with E-state index >= 15 is 0 Å². The predicted octanol–water partition coefficient (Wildman–Crippen LogP) is 4.85. The summed E-state index contributed by atoms with van der Waals surface area (Å²) in [5.41, 5.74) is 1.31. The fourth-order valence-corrected chi connectivity index (χ4v) is 4.99. The third-order valence-electron chi connectivity index (χ3n) is 6.55. The van der Waals surface area contributed by atoms with E-state index in [-0.39, 0.29) is 34.7 Å². The van der Waals surface area contributed by atoms with Crippen molar-refractivity contribution in [2.75, 3.05) is 12.4 Å². The highest BCUT2D eigenvalue weighted by molar-refractivity contribution is 6.43. The highest BCUT2D eigenvalue weighted by atomic mass is 35.5. The first-order valence-electron chi connectivity index (χ1n) is 12.2. The molecule has 1 aromatic carbocycles. The molecule has 11 heteroatoms. The minimum atomic E-state index is -0.889. The van der Waals surface area contributed by atoms with Crippen LogP contribution in [0, 0.1) is 0 Å². The maximum absolute atomic E-state index is 13.4. The maximum atomic E-state index is 13.4. The summed E-state index contributed by atoms with van der Waals surface area (Å²) in [6.45, 7) is 1.68. The third kappa shape index (κ3) is 5.95. The number of benzene rings is 1. The first kappa shape index (κ1) is 27.5. The second-order valence-corrected chi connectivity index (χ2v) is 9.86. The summed E-state index contributed by atoms with van der Waals surface area (Å²) in [5.74, 6) is -1.96. The summed E-state index contributed by atoms with van der Waals surface area (Å²) in [6.07, 6.45) is 6.47. The monoisotopic (exact) mass is 559 g/mol. The van der Waals surface area contributed by atoms with Crippen LogP contribution in [0.5, 0.6) is 0 Å². The molecule has 0 saturated heterocycles. The van der Waals surface area contributed by atoms with Gasteiger partial charge in [0.15, 0.2) is 0 Å². The molecule has 0 bridgehead atoms. The van der Waals surface area contributed by atoms with Gasteiger partial charge < -0.3 is 24.7 Å². The molecule has 1 aliphatic carbocycles. The van der Waals surface area contributed by atoms with Gasteiger partial charge in [0, 0.05) is 17.4 Å². The summed E-state index contributed by atoms with van der Waals surface area (Å²) in [4.78, 5) is 52.1. The van der Waals surface area contributed by atoms with Gasteiger partial charge in [-0.1, -0.05) is 42.5 Å². The fraction of sp³-hybridized carbons (Fsp3) is 0.333. The van der Waals surface area contributed by atoms with Crippen molar-refractivity contribution in [2.24, 2.45) is 0 Å². The summed E-state index contributed by atoms with van der Waals surface area (Å²) in [7, 11) is 1.28. The quantitative estimate of drug-likeness (QED) is 0.297. The van der Waals surface area contributed by atoms with Gasteiger partial charge in [-0.25, -0.2) is 4.79 Å². The summed E-state index contributed by atoms with van der Waals surface area (Å²) < 4.78 is 10.7. The molecule has 0 radical (unpaired) electrons. The zero-order chi connectivity index (χ0) is 27.4. The molecule has 1 saturated carbocycles. The van der Waals surface area contributed by atoms with Crippen molar-refractivity contribution in [3.8, 4) is 0 Å². The third-order valence-corrected chi connectivity index (χ3v) is 7.29. The van der Waals surface area contributed by atoms with E-state index in [1.807, 2.05) is 0 Å². The summed E-state index contributed by atoms with van der Waals surface area (Å²) in [6, 6.07) is 7.71. The van der Waals surface area contributed by atoms with Crippen LogP contribution in [0.25, 0.3) is 6.08 Å². The first-order chi connectivity index (χ1) is 18.2. The number of esters is 1. The molecule has 1 fully saturated rings. The molecular formula is C27H27Cl2N3O6. The van der Waals surface area contributed by atoms with Crippen LogP contribution in [-0.4, -0.2) is 41.7 Å². The van der Waals surface area contributed by atoms with Crippen LogP contribution in [0.2, 0.25) is 10.0 Å². The fourth-order valence-electron chi connectivity index (χ4n) is 4.70. The van der Waals surface area contributed by atoms with Gasteiger partial charge in [-0.05, 0) is 56.2 Å². The van der Waals surface area contributed by atoms with Gasteiger partial charge >= 0.3 is 17.8 Å². The molecule has 1 aliphatic heterocycles. The molecule has 0 spiro atoms. The number of methoxy groups -OCH3 is 1. The lowest BCUT2D eigenvalue weighted by molar-refractivity contribution is -0.136. The molecule has 0 atom stereocenters. The van der Waals surface area contributed by atoms with Crippen molar-refractivity contribution in [1.82, 2.24) is 10.2 Å². The van der Waals surface area contributed by atoms with Gasteiger partial charge in [-0.3, -0.25) is 14.4 Å². The molecule has 2 heterocycles. The van der Waals surface area contributed by atoms with Gasteiger partial charge in [-0.15, -0.1) is 0 Å². The van der Waals surface area contributed by atoms with Gasteiger partial charge in [0.1, 0.15) is 11.5 Å². The van der Waals surface area contributed by atoms with Crippen molar-refractivity contribution in [3.05, 3.63) is 68.7 Å². The molecule has 38 heavy (non-hydrogen) atoms. The number of hydrogen-bond acceptors (Lipinski definition) is 6. The Labute approximate surface area is 229 Å². The number of anilines is 1. The van der Waals surface area contributed by atoms with E-state index in [0.717, 1.165) is 32.1 Å². The number of carbonyl (C=O) groups is 4. The molecule has 2 N–H and O–H groups in total. The van der Waals surface area contributed by atoms with Crippen LogP contribution in [-0.2, 0) is 30.5 Å². The first-order valence-corrected chi connectivity index (χ1v) is 12.9. The second kappa shape index (κ2) is 11.9. The number of rotatable bonds is 6. The molecule has 1 aromatic heterocycles. The largest absolute Gasteiger partial charge is 0.465 e. The Morgan fingerprint density at radius 2 is 1.82 bits per heavy atom. The van der Waals surface area contributed by atoms with Gasteiger partial charge in [0.2, 0.25) is 0 Å². The Kier molecular flexibility index (Phi) is 8.58. The van der Waals surface area contributed by atoms with Crippen LogP contribution in [0.3, 0.4) is 0 Å². The lowest BCUT2D eigenvalue weighted by Gasteiger charge is -2.32. The van der Waals surface area contributed by atoms with E-state index in [1.54, 1.807) is 24.0 Å². The molecular weight excluding hydrogens is 533 g/mol. The zero-order valence-electron chi connectivity index (χ0n) is 20.9. The standard InChI is InChI=1S/C27H27Cl2N3O6/c1-15-23(27(36)37-2)20(26(35)32(15)17-6-4-3-5-7-17)13-18-9-10-19(38-18)14-30-24(33)25(34)31-16-8-11-21(28)22(29)12-16/h8-13,17H,3-7,14H2,1-2H3,(H,30,33)(H,31,34)/b20-13-. The van der Waals surface area contributed by atoms with Gasteiger partial charge in [0.05, 0.1) is 34.8 Å². The minimum Gasteiger partial charge on any atom is -0.465 e. The van der Waals surface area contributed by atoms with Gasteiger partial charge in [-0.2, -0.15) is 0 Å². The number of nitrogens with zero attached hydrogens (tertiary/aromatic N) is 1. The summed E-state index contributed by atoms with van der Waals surface area (Å²) in [5, 5.41) is 5.47. The van der Waals surface area contributed by atoms with Crippen molar-refractivity contribution in [1.29, 1.82) is 0 Å². The minimum absolute atomic E-state index is 0.0409. The topological polar surface area (TPSA) is 118 Å². The predicted molar refractivity (Wildman–Crippen MR) is 142 cm³/mol. The molecule has 0 unspecified atom stereocenters. The Balaban J connectivity index is 1.44. The normalized spacial score (nSPS) is 17.2. The number of amides is 3. The van der Waals surface area contributed by atoms with Crippen LogP contribution >= 0.6 is 23.2 Å². The van der Waals surface area contributed by atoms with Crippen LogP contribution in [0.15, 0.2) is 51.6 Å². The van der Waals surface area contributed by atoms with E-state index in [2.05, 4.69) is 10.6 Å². The number of halogens is 2. The van der Waals surface area contributed by atoms with E-state index < -0.39 is 17.8 Å². The second-order valence-electron chi connectivity index (χ2n) is 9.05. The Bertz CT molecular complexity index is 1340. The average molecular weight is 560 g/mol. The Morgan fingerprint density at radius 1 is 1.08 bits per heavy atom. The van der Waals surface area contributed by atoms with Crippen molar-refractivity contribution >= 4 is 58.7 Å². The zero-order valence-corrected chi connectivity index (χ0v) is 22.4. The lowest BCUT2D eigenvalue weighted by Crippen LogP contribution is -2.37. The number of ether oxygens (including phenoxy) is 1. The van der Waals surface area contributed by atoms with E-state index in [4.69, 9.17) is 32.4 Å². The maximum Gasteiger partial charge on any atom is 0.340 e. The Hall–Kier alpha value is -3.56. The van der Waals surface area contributed by atoms with Gasteiger partial charge in [0.25, 0.3) is 5.91 Å². The molecule has 4 rings (SSSR count). The highest BCUT2D eigenvalue weighted by Crippen LogP contribution is 2.37.